The quantitative estimate of drug-likeness (QED) is 0.482. The molecule has 2 fully saturated rings. The van der Waals surface area contributed by atoms with Crippen molar-refractivity contribution in [3.8, 4) is 11.5 Å². The van der Waals surface area contributed by atoms with Crippen LogP contribution in [0, 0.1) is 5.92 Å². The van der Waals surface area contributed by atoms with Crippen molar-refractivity contribution < 1.29 is 19.0 Å². The highest BCUT2D eigenvalue weighted by Crippen LogP contribution is 2.39. The number of epoxide rings is 1. The standard InChI is InChI=1S/C16H20O4/c1-18-12-9-5-6-10-13(12)19-16(17)15-14(20-15)11-7-3-2-4-8-11/h5-6,9-11,14-15H,2-4,7-8H2,1H3. The van der Waals surface area contributed by atoms with Crippen LogP contribution >= 0.6 is 0 Å². The average Bonchev–Trinajstić information content (AvgIpc) is 3.29. The minimum atomic E-state index is -0.386. The van der Waals surface area contributed by atoms with Gasteiger partial charge >= 0.3 is 5.97 Å². The van der Waals surface area contributed by atoms with E-state index < -0.39 is 0 Å². The van der Waals surface area contributed by atoms with E-state index in [2.05, 4.69) is 0 Å². The van der Waals surface area contributed by atoms with E-state index >= 15 is 0 Å². The molecule has 108 valence electrons. The molecule has 1 aromatic rings. The van der Waals surface area contributed by atoms with Crippen LogP contribution in [-0.4, -0.2) is 25.3 Å². The largest absolute Gasteiger partial charge is 0.493 e. The Bertz CT molecular complexity index is 479. The molecule has 0 N–H and O–H groups in total. The summed E-state index contributed by atoms with van der Waals surface area (Å²) in [6.07, 6.45) is 5.82. The number of hydrogen-bond donors (Lipinski definition) is 0. The summed E-state index contributed by atoms with van der Waals surface area (Å²) >= 11 is 0. The molecule has 0 bridgehead atoms. The van der Waals surface area contributed by atoms with E-state index in [1.165, 1.54) is 32.1 Å². The van der Waals surface area contributed by atoms with Crippen molar-refractivity contribution in [2.24, 2.45) is 5.92 Å². The summed E-state index contributed by atoms with van der Waals surface area (Å²) < 4.78 is 16.1. The molecular formula is C16H20O4. The maximum Gasteiger partial charge on any atom is 0.343 e. The Labute approximate surface area is 119 Å². The lowest BCUT2D eigenvalue weighted by molar-refractivity contribution is -0.135. The second-order valence-corrected chi connectivity index (χ2v) is 5.49. The molecule has 2 atom stereocenters. The van der Waals surface area contributed by atoms with Gasteiger partial charge in [0.05, 0.1) is 13.2 Å². The van der Waals surface area contributed by atoms with Gasteiger partial charge in [-0.25, -0.2) is 4.79 Å². The van der Waals surface area contributed by atoms with E-state index in [0.717, 1.165) is 0 Å². The maximum atomic E-state index is 12.1. The molecule has 0 aromatic heterocycles. The Morgan fingerprint density at radius 1 is 1.15 bits per heavy atom. The molecule has 20 heavy (non-hydrogen) atoms. The highest BCUT2D eigenvalue weighted by molar-refractivity contribution is 5.80. The molecule has 1 heterocycles. The molecule has 1 aliphatic heterocycles. The van der Waals surface area contributed by atoms with Crippen LogP contribution in [0.2, 0.25) is 0 Å². The number of benzene rings is 1. The monoisotopic (exact) mass is 276 g/mol. The third-order valence-corrected chi connectivity index (χ3v) is 4.15. The molecule has 4 heteroatoms. The fraction of sp³-hybridized carbons (Fsp3) is 0.562. The highest BCUT2D eigenvalue weighted by atomic mass is 16.6. The average molecular weight is 276 g/mol. The van der Waals surface area contributed by atoms with Crippen LogP contribution in [0.25, 0.3) is 0 Å². The maximum absolute atomic E-state index is 12.1. The van der Waals surface area contributed by atoms with Crippen molar-refractivity contribution >= 4 is 5.97 Å². The fourth-order valence-corrected chi connectivity index (χ4v) is 3.00. The number of ether oxygens (including phenoxy) is 3. The van der Waals surface area contributed by atoms with Gasteiger partial charge in [-0.15, -0.1) is 0 Å². The molecule has 1 saturated carbocycles. The molecule has 1 saturated heterocycles. The van der Waals surface area contributed by atoms with Crippen molar-refractivity contribution in [3.05, 3.63) is 24.3 Å². The lowest BCUT2D eigenvalue weighted by Gasteiger charge is -2.19. The lowest BCUT2D eigenvalue weighted by Crippen LogP contribution is -2.22. The Balaban J connectivity index is 1.58. The van der Waals surface area contributed by atoms with Crippen molar-refractivity contribution in [1.82, 2.24) is 0 Å². The predicted molar refractivity (Wildman–Crippen MR) is 73.9 cm³/mol. The third kappa shape index (κ3) is 2.80. The van der Waals surface area contributed by atoms with Crippen LogP contribution in [0.15, 0.2) is 24.3 Å². The van der Waals surface area contributed by atoms with Gasteiger partial charge in [0.2, 0.25) is 0 Å². The summed E-state index contributed by atoms with van der Waals surface area (Å²) in [4.78, 5) is 12.1. The number of hydrogen-bond acceptors (Lipinski definition) is 4. The van der Waals surface area contributed by atoms with Crippen LogP contribution in [0.5, 0.6) is 11.5 Å². The first-order valence-corrected chi connectivity index (χ1v) is 7.30. The van der Waals surface area contributed by atoms with E-state index in [9.17, 15) is 4.79 Å². The van der Waals surface area contributed by atoms with Gasteiger partial charge in [-0.2, -0.15) is 0 Å². The molecule has 1 aliphatic carbocycles. The first kappa shape index (κ1) is 13.4. The number of carbonyl (C=O) groups is 1. The van der Waals surface area contributed by atoms with Crippen molar-refractivity contribution in [2.75, 3.05) is 7.11 Å². The topological polar surface area (TPSA) is 48.1 Å². The second kappa shape index (κ2) is 5.83. The number of para-hydroxylation sites is 2. The Kier molecular flexibility index (Phi) is 3.92. The SMILES string of the molecule is COc1ccccc1OC(=O)C1OC1C1CCCCC1. The fourth-order valence-electron chi connectivity index (χ4n) is 3.00. The van der Waals surface area contributed by atoms with Crippen molar-refractivity contribution in [3.63, 3.8) is 0 Å². The van der Waals surface area contributed by atoms with Gasteiger partial charge in [0, 0.05) is 0 Å². The molecule has 1 aromatic carbocycles. The molecule has 2 aliphatic rings. The predicted octanol–water partition coefficient (Wildman–Crippen LogP) is 2.95. The summed E-state index contributed by atoms with van der Waals surface area (Å²) in [5, 5.41) is 0. The summed E-state index contributed by atoms with van der Waals surface area (Å²) in [6, 6.07) is 7.16. The van der Waals surface area contributed by atoms with E-state index in [0.29, 0.717) is 17.4 Å². The molecule has 4 nitrogen and oxygen atoms in total. The summed E-state index contributed by atoms with van der Waals surface area (Å²) in [7, 11) is 1.56. The molecule has 3 rings (SSSR count). The highest BCUT2D eigenvalue weighted by Gasteiger charge is 2.51. The summed E-state index contributed by atoms with van der Waals surface area (Å²) in [5.41, 5.74) is 0. The van der Waals surface area contributed by atoms with Crippen LogP contribution in [0.1, 0.15) is 32.1 Å². The van der Waals surface area contributed by atoms with Gasteiger partial charge in [0.1, 0.15) is 0 Å². The Hall–Kier alpha value is -1.55. The number of carbonyl (C=O) groups excluding carboxylic acids is 1. The summed E-state index contributed by atoms with van der Waals surface area (Å²) in [5.74, 6) is 1.25. The second-order valence-electron chi connectivity index (χ2n) is 5.49. The third-order valence-electron chi connectivity index (χ3n) is 4.15. The van der Waals surface area contributed by atoms with Crippen LogP contribution < -0.4 is 9.47 Å². The Morgan fingerprint density at radius 3 is 2.55 bits per heavy atom. The van der Waals surface area contributed by atoms with Crippen molar-refractivity contribution in [1.29, 1.82) is 0 Å². The van der Waals surface area contributed by atoms with E-state index in [4.69, 9.17) is 14.2 Å². The van der Waals surface area contributed by atoms with Gasteiger partial charge in [-0.05, 0) is 30.9 Å². The van der Waals surface area contributed by atoms with E-state index in [1.54, 1.807) is 19.2 Å². The molecule has 0 radical (unpaired) electrons. The molecule has 0 amide bonds. The van der Waals surface area contributed by atoms with Gasteiger partial charge in [0.25, 0.3) is 0 Å². The molecule has 2 unspecified atom stereocenters. The number of methoxy groups -OCH3 is 1. The first-order valence-electron chi connectivity index (χ1n) is 7.30. The minimum absolute atomic E-state index is 0.0671. The normalized spacial score (nSPS) is 26.1. The zero-order valence-electron chi connectivity index (χ0n) is 11.7. The summed E-state index contributed by atoms with van der Waals surface area (Å²) in [6.45, 7) is 0. The van der Waals surface area contributed by atoms with E-state index in [-0.39, 0.29) is 18.2 Å². The minimum Gasteiger partial charge on any atom is -0.493 e. The molecule has 0 spiro atoms. The van der Waals surface area contributed by atoms with E-state index in [1.807, 2.05) is 12.1 Å². The van der Waals surface area contributed by atoms with Crippen LogP contribution in [0.3, 0.4) is 0 Å². The number of rotatable bonds is 4. The zero-order chi connectivity index (χ0) is 13.9. The van der Waals surface area contributed by atoms with Gasteiger partial charge in [-0.3, -0.25) is 0 Å². The lowest BCUT2D eigenvalue weighted by atomic mass is 9.86. The number of esters is 1. The van der Waals surface area contributed by atoms with Crippen LogP contribution in [-0.2, 0) is 9.53 Å². The first-order chi connectivity index (χ1) is 9.79. The Morgan fingerprint density at radius 2 is 1.85 bits per heavy atom. The van der Waals surface area contributed by atoms with Crippen LogP contribution in [0.4, 0.5) is 0 Å². The molecular weight excluding hydrogens is 256 g/mol. The van der Waals surface area contributed by atoms with Gasteiger partial charge in [0.15, 0.2) is 17.6 Å². The van der Waals surface area contributed by atoms with Gasteiger partial charge in [-0.1, -0.05) is 31.4 Å². The smallest absolute Gasteiger partial charge is 0.343 e. The van der Waals surface area contributed by atoms with Crippen molar-refractivity contribution in [2.45, 2.75) is 44.3 Å². The van der Waals surface area contributed by atoms with Gasteiger partial charge < -0.3 is 14.2 Å². The zero-order valence-corrected chi connectivity index (χ0v) is 11.7.